The molecule has 4 heterocycles. The van der Waals surface area contributed by atoms with Gasteiger partial charge in [0.1, 0.15) is 18.0 Å². The van der Waals surface area contributed by atoms with E-state index >= 15 is 0 Å². The molecular formula is C27H33N7O4. The molecule has 1 aliphatic rings. The van der Waals surface area contributed by atoms with Crippen LogP contribution in [0.15, 0.2) is 35.3 Å². The van der Waals surface area contributed by atoms with Gasteiger partial charge in [-0.3, -0.25) is 14.2 Å². The van der Waals surface area contributed by atoms with Gasteiger partial charge in [0.25, 0.3) is 5.56 Å². The largest absolute Gasteiger partial charge is 0.492 e. The third-order valence-corrected chi connectivity index (χ3v) is 6.36. The summed E-state index contributed by atoms with van der Waals surface area (Å²) in [6.07, 6.45) is 4.18. The monoisotopic (exact) mass is 519 g/mol. The molecule has 0 aliphatic carbocycles. The lowest BCUT2D eigenvalue weighted by Gasteiger charge is -2.28. The number of nitriles is 1. The summed E-state index contributed by atoms with van der Waals surface area (Å²) in [7, 11) is 1.50. The smallest absolute Gasteiger partial charge is 0.263 e. The molecule has 1 saturated heterocycles. The molecule has 3 aromatic heterocycles. The van der Waals surface area contributed by atoms with Crippen LogP contribution in [0.3, 0.4) is 0 Å². The van der Waals surface area contributed by atoms with Crippen LogP contribution >= 0.6 is 0 Å². The summed E-state index contributed by atoms with van der Waals surface area (Å²) in [5.41, 5.74) is 0.219. The maximum Gasteiger partial charge on any atom is 0.263 e. The average Bonchev–Trinajstić information content (AvgIpc) is 2.92. The molecule has 200 valence electrons. The Morgan fingerprint density at radius 1 is 1.26 bits per heavy atom. The minimum atomic E-state index is -0.410. The van der Waals surface area contributed by atoms with Gasteiger partial charge in [0.05, 0.1) is 31.4 Å². The topological polar surface area (TPSA) is 135 Å². The Kier molecular flexibility index (Phi) is 8.86. The number of likely N-dealkylation sites (tertiary alicyclic amines) is 1. The number of rotatable bonds is 10. The van der Waals surface area contributed by atoms with Crippen LogP contribution in [0.25, 0.3) is 22.6 Å². The van der Waals surface area contributed by atoms with Crippen LogP contribution in [0, 0.1) is 17.2 Å². The van der Waals surface area contributed by atoms with Crippen LogP contribution in [0.2, 0.25) is 0 Å². The van der Waals surface area contributed by atoms with E-state index in [1.807, 2.05) is 13.8 Å². The minimum absolute atomic E-state index is 0.0793. The molecule has 1 N–H and O–H groups in total. The molecule has 11 nitrogen and oxygen atoms in total. The minimum Gasteiger partial charge on any atom is -0.492 e. The van der Waals surface area contributed by atoms with Crippen LogP contribution in [0.4, 0.5) is 0 Å². The number of pyridine rings is 2. The summed E-state index contributed by atoms with van der Waals surface area (Å²) in [6.45, 7) is 6.69. The van der Waals surface area contributed by atoms with Crippen molar-refractivity contribution in [2.75, 3.05) is 33.4 Å². The summed E-state index contributed by atoms with van der Waals surface area (Å²) in [4.78, 5) is 41.9. The number of hydrogen-bond acceptors (Lipinski definition) is 9. The molecule has 0 saturated carbocycles. The lowest BCUT2D eigenvalue weighted by Crippen LogP contribution is -2.37. The van der Waals surface area contributed by atoms with E-state index < -0.39 is 5.56 Å². The SMILES string of the molecule is COc1cccc(-c2nc3ncc(OCCCN4CCC(C#N)CC4)cc3c(=O)n2CC(=O)NC(C)C)n1. The highest BCUT2D eigenvalue weighted by Crippen LogP contribution is 2.21. The third kappa shape index (κ3) is 6.63. The highest BCUT2D eigenvalue weighted by atomic mass is 16.5. The second-order valence-electron chi connectivity index (χ2n) is 9.60. The first-order valence-electron chi connectivity index (χ1n) is 12.8. The number of aromatic nitrogens is 4. The molecular weight excluding hydrogens is 486 g/mol. The number of carbonyl (C=O) groups excluding carboxylic acids is 1. The van der Waals surface area contributed by atoms with Gasteiger partial charge < -0.3 is 19.7 Å². The van der Waals surface area contributed by atoms with Crippen molar-refractivity contribution in [3.63, 3.8) is 0 Å². The molecule has 38 heavy (non-hydrogen) atoms. The number of hydrogen-bond donors (Lipinski definition) is 1. The third-order valence-electron chi connectivity index (χ3n) is 6.36. The van der Waals surface area contributed by atoms with E-state index in [1.54, 1.807) is 30.5 Å². The number of fused-ring (bicyclic) bond motifs is 1. The van der Waals surface area contributed by atoms with Gasteiger partial charge in [0.2, 0.25) is 11.8 Å². The number of nitrogens with one attached hydrogen (secondary N) is 1. The first kappa shape index (κ1) is 27.0. The van der Waals surface area contributed by atoms with Gasteiger partial charge in [-0.05, 0) is 58.3 Å². The number of carbonyl (C=O) groups is 1. The van der Waals surface area contributed by atoms with Gasteiger partial charge in [-0.2, -0.15) is 5.26 Å². The van der Waals surface area contributed by atoms with Crippen LogP contribution in [0.1, 0.15) is 33.1 Å². The second-order valence-corrected chi connectivity index (χ2v) is 9.60. The van der Waals surface area contributed by atoms with E-state index in [1.165, 1.54) is 11.7 Å². The molecule has 1 aliphatic heterocycles. The van der Waals surface area contributed by atoms with Crippen molar-refractivity contribution in [3.8, 4) is 29.2 Å². The Morgan fingerprint density at radius 2 is 2.05 bits per heavy atom. The predicted molar refractivity (Wildman–Crippen MR) is 142 cm³/mol. The Bertz CT molecular complexity index is 1370. The van der Waals surface area contributed by atoms with E-state index in [0.29, 0.717) is 23.9 Å². The van der Waals surface area contributed by atoms with Gasteiger partial charge in [0.15, 0.2) is 11.5 Å². The van der Waals surface area contributed by atoms with E-state index in [-0.39, 0.29) is 41.3 Å². The lowest BCUT2D eigenvalue weighted by atomic mass is 9.98. The van der Waals surface area contributed by atoms with Crippen LogP contribution in [-0.2, 0) is 11.3 Å². The predicted octanol–water partition coefficient (Wildman–Crippen LogP) is 2.39. The van der Waals surface area contributed by atoms with Crippen LogP contribution < -0.4 is 20.3 Å². The molecule has 0 radical (unpaired) electrons. The zero-order valence-corrected chi connectivity index (χ0v) is 22.0. The number of methoxy groups -OCH3 is 1. The fourth-order valence-electron chi connectivity index (χ4n) is 4.44. The Hall–Kier alpha value is -4.04. The zero-order chi connectivity index (χ0) is 27.1. The number of nitrogens with zero attached hydrogens (tertiary/aromatic N) is 6. The van der Waals surface area contributed by atoms with Gasteiger partial charge in [-0.25, -0.2) is 15.0 Å². The Morgan fingerprint density at radius 3 is 2.76 bits per heavy atom. The molecule has 1 fully saturated rings. The number of amides is 1. The van der Waals surface area contributed by atoms with Crippen molar-refractivity contribution in [1.82, 2.24) is 29.7 Å². The van der Waals surface area contributed by atoms with Crippen molar-refractivity contribution in [2.24, 2.45) is 5.92 Å². The van der Waals surface area contributed by atoms with Gasteiger partial charge >= 0.3 is 0 Å². The summed E-state index contributed by atoms with van der Waals surface area (Å²) in [5.74, 6) is 0.903. The van der Waals surface area contributed by atoms with Crippen LogP contribution in [0.5, 0.6) is 11.6 Å². The number of piperidine rings is 1. The van der Waals surface area contributed by atoms with E-state index in [0.717, 1.165) is 38.9 Å². The fraction of sp³-hybridized carbons (Fsp3) is 0.481. The van der Waals surface area contributed by atoms with Gasteiger partial charge in [-0.15, -0.1) is 0 Å². The van der Waals surface area contributed by atoms with E-state index in [4.69, 9.17) is 14.7 Å². The summed E-state index contributed by atoms with van der Waals surface area (Å²) in [5, 5.41) is 12.1. The Balaban J connectivity index is 1.55. The summed E-state index contributed by atoms with van der Waals surface area (Å²) in [6, 6.07) is 9.03. The quantitative estimate of drug-likeness (QED) is 0.401. The van der Waals surface area contributed by atoms with E-state index in [2.05, 4.69) is 31.2 Å². The zero-order valence-electron chi connectivity index (χ0n) is 22.0. The van der Waals surface area contributed by atoms with Crippen molar-refractivity contribution < 1.29 is 14.3 Å². The molecule has 0 spiro atoms. The van der Waals surface area contributed by atoms with Gasteiger partial charge in [0, 0.05) is 24.6 Å². The van der Waals surface area contributed by atoms with E-state index in [9.17, 15) is 9.59 Å². The average molecular weight is 520 g/mol. The second kappa shape index (κ2) is 12.5. The molecule has 0 bridgehead atoms. The Labute approximate surface area is 221 Å². The molecule has 3 aromatic rings. The van der Waals surface area contributed by atoms with Crippen molar-refractivity contribution >= 4 is 16.9 Å². The number of ether oxygens (including phenoxy) is 2. The standard InChI is InChI=1S/C27H33N7O4/c1-18(2)30-23(35)17-34-26(22-6-4-7-24(31-22)37-3)32-25-21(27(34)36)14-20(16-29-25)38-13-5-10-33-11-8-19(15-28)9-12-33/h4,6-7,14,16,18-19H,5,8-13,17H2,1-3H3,(H,30,35). The summed E-state index contributed by atoms with van der Waals surface area (Å²) < 4.78 is 12.4. The van der Waals surface area contributed by atoms with Crippen molar-refractivity contribution in [3.05, 3.63) is 40.8 Å². The molecule has 1 amide bonds. The van der Waals surface area contributed by atoms with Crippen molar-refractivity contribution in [1.29, 1.82) is 5.26 Å². The normalized spacial score (nSPS) is 14.4. The molecule has 0 aromatic carbocycles. The molecule has 0 atom stereocenters. The maximum absolute atomic E-state index is 13.6. The lowest BCUT2D eigenvalue weighted by molar-refractivity contribution is -0.122. The molecule has 4 rings (SSSR count). The molecule has 0 unspecified atom stereocenters. The van der Waals surface area contributed by atoms with Crippen molar-refractivity contribution in [2.45, 2.75) is 45.7 Å². The molecule has 11 heteroatoms. The fourth-order valence-corrected chi connectivity index (χ4v) is 4.44. The maximum atomic E-state index is 13.6. The highest BCUT2D eigenvalue weighted by Gasteiger charge is 2.20. The summed E-state index contributed by atoms with van der Waals surface area (Å²) >= 11 is 0. The van der Waals surface area contributed by atoms with Crippen LogP contribution in [-0.4, -0.2) is 69.7 Å². The highest BCUT2D eigenvalue weighted by molar-refractivity contribution is 5.80. The first-order valence-corrected chi connectivity index (χ1v) is 12.8. The van der Waals surface area contributed by atoms with Gasteiger partial charge in [-0.1, -0.05) is 6.07 Å². The first-order chi connectivity index (χ1) is 18.4.